The number of halogens is 3. The van der Waals surface area contributed by atoms with Gasteiger partial charge in [0.2, 0.25) is 5.43 Å². The van der Waals surface area contributed by atoms with Crippen LogP contribution in [-0.4, -0.2) is 87.0 Å². The van der Waals surface area contributed by atoms with Crippen molar-refractivity contribution < 1.29 is 54.0 Å². The van der Waals surface area contributed by atoms with E-state index >= 15 is 0 Å². The summed E-state index contributed by atoms with van der Waals surface area (Å²) in [5.74, 6) is -1.38. The number of amides is 2. The molecule has 1 aliphatic rings. The number of anilines is 1. The zero-order valence-corrected chi connectivity index (χ0v) is 33.4. The van der Waals surface area contributed by atoms with E-state index in [0.29, 0.717) is 35.4 Å². The normalized spacial score (nSPS) is 13.5. The second-order valence-corrected chi connectivity index (χ2v) is 14.2. The fourth-order valence-electron chi connectivity index (χ4n) is 6.92. The fourth-order valence-corrected chi connectivity index (χ4v) is 6.92. The fraction of sp³-hybridized carbons (Fsp3) is 0.439. The molecule has 1 aliphatic heterocycles. The predicted octanol–water partition coefficient (Wildman–Crippen LogP) is 4.97. The maximum Gasteiger partial charge on any atom is 0.414 e. The molecule has 0 atom stereocenters. The zero-order valence-electron chi connectivity index (χ0n) is 31.8. The first kappa shape index (κ1) is 42.3. The summed E-state index contributed by atoms with van der Waals surface area (Å²) < 4.78 is 48.5. The van der Waals surface area contributed by atoms with Crippen LogP contribution < -0.4 is 41.5 Å². The number of nitrogens with zero attached hydrogens (tertiary/aromatic N) is 4. The van der Waals surface area contributed by atoms with E-state index in [2.05, 4.69) is 7.05 Å². The van der Waals surface area contributed by atoms with E-state index in [1.165, 1.54) is 74.4 Å². The van der Waals surface area contributed by atoms with Crippen LogP contribution in [0.2, 0.25) is 0 Å². The summed E-state index contributed by atoms with van der Waals surface area (Å²) in [6.45, 7) is 6.01. The molecule has 2 amide bonds. The van der Waals surface area contributed by atoms with Gasteiger partial charge in [0.25, 0.3) is 5.91 Å². The third kappa shape index (κ3) is 10.6. The van der Waals surface area contributed by atoms with E-state index in [4.69, 9.17) is 14.2 Å². The average molecular weight is 814 g/mol. The molecule has 3 aromatic carbocycles. The minimum Gasteiger partial charge on any atom is -1.00 e. The first-order valence-electron chi connectivity index (χ1n) is 18.4. The second kappa shape index (κ2) is 19.2. The molecule has 1 aromatic heterocycles. The van der Waals surface area contributed by atoms with Crippen LogP contribution in [0.4, 0.5) is 19.3 Å². The Morgan fingerprint density at radius 3 is 2.19 bits per heavy atom. The number of carbonyl (C=O) groups excluding carboxylic acids is 2. The van der Waals surface area contributed by atoms with Crippen molar-refractivity contribution in [3.8, 4) is 22.9 Å². The third-order valence-corrected chi connectivity index (χ3v) is 9.88. The lowest BCUT2D eigenvalue weighted by atomic mass is 10.1. The Hall–Kier alpha value is -4.49. The second-order valence-electron chi connectivity index (χ2n) is 14.2. The molecule has 2 heterocycles. The van der Waals surface area contributed by atoms with Gasteiger partial charge in [-0.3, -0.25) is 9.59 Å². The maximum absolute atomic E-state index is 14.2. The summed E-state index contributed by atoms with van der Waals surface area (Å²) in [5, 5.41) is 0.212. The number of hydrogen-bond acceptors (Lipinski definition) is 6. The number of methoxy groups -OCH3 is 1. The molecule has 1 fully saturated rings. The molecule has 10 nitrogen and oxygen atoms in total. The standard InChI is InChI=1S/C41H51F2N4O6.BrH/c1-6-45(31-22-29(42)21-30(43)23-31)40(49)37-28-46(32-24-34(51-5)26-35(25-32)53-41(50)44(2)3)38-27-33(15-16-36(38)39(37)48)52-20-14-9-7-8-11-17-47(4)18-12-10-13-19-47;/h15-16,21-28H,6-14,17-20H2,1-5H3;1H/q+1;/p-1. The van der Waals surface area contributed by atoms with Crippen molar-refractivity contribution in [1.82, 2.24) is 9.47 Å². The molecule has 0 radical (unpaired) electrons. The van der Waals surface area contributed by atoms with Crippen LogP contribution in [-0.2, 0) is 0 Å². The van der Waals surface area contributed by atoms with Crippen molar-refractivity contribution in [2.24, 2.45) is 0 Å². The SMILES string of the molecule is CCN(C(=O)c1cn(-c2cc(OC)cc(OC(=O)N(C)C)c2)c2cc(OCCCCCCC[N+]3(C)CCCCC3)ccc2c1=O)c1cc(F)cc(F)c1.[Br-]. The molecule has 54 heavy (non-hydrogen) atoms. The number of fused-ring (bicyclic) bond motifs is 1. The molecule has 0 N–H and O–H groups in total. The van der Waals surface area contributed by atoms with Gasteiger partial charge in [-0.25, -0.2) is 13.6 Å². The lowest BCUT2D eigenvalue weighted by molar-refractivity contribution is -0.914. The number of ether oxygens (including phenoxy) is 3. The average Bonchev–Trinajstić information content (AvgIpc) is 3.12. The molecule has 292 valence electrons. The van der Waals surface area contributed by atoms with Gasteiger partial charge in [0.1, 0.15) is 34.4 Å². The summed E-state index contributed by atoms with van der Waals surface area (Å²) in [4.78, 5) is 42.9. The van der Waals surface area contributed by atoms with E-state index in [-0.39, 0.29) is 45.9 Å². The summed E-state index contributed by atoms with van der Waals surface area (Å²) in [7, 11) is 6.96. The van der Waals surface area contributed by atoms with Crippen LogP contribution in [0.3, 0.4) is 0 Å². The first-order valence-corrected chi connectivity index (χ1v) is 18.4. The van der Waals surface area contributed by atoms with Crippen LogP contribution in [0, 0.1) is 11.6 Å². The lowest BCUT2D eigenvalue weighted by Gasteiger charge is -2.37. The summed E-state index contributed by atoms with van der Waals surface area (Å²) >= 11 is 0. The Kier molecular flexibility index (Phi) is 15.0. The Bertz CT molecular complexity index is 1960. The van der Waals surface area contributed by atoms with Crippen LogP contribution in [0.5, 0.6) is 17.2 Å². The van der Waals surface area contributed by atoms with Crippen molar-refractivity contribution in [3.63, 3.8) is 0 Å². The Labute approximate surface area is 326 Å². The van der Waals surface area contributed by atoms with E-state index in [0.717, 1.165) is 36.3 Å². The summed E-state index contributed by atoms with van der Waals surface area (Å²) in [6.07, 6.45) is 10.3. The Morgan fingerprint density at radius 2 is 1.52 bits per heavy atom. The number of rotatable bonds is 15. The molecular formula is C41H51BrF2N4O6. The van der Waals surface area contributed by atoms with Crippen molar-refractivity contribution in [1.29, 1.82) is 0 Å². The molecule has 5 rings (SSSR count). The third-order valence-electron chi connectivity index (χ3n) is 9.88. The number of pyridine rings is 1. The van der Waals surface area contributed by atoms with E-state index in [9.17, 15) is 23.2 Å². The van der Waals surface area contributed by atoms with E-state index in [1.807, 2.05) is 0 Å². The molecular weight excluding hydrogens is 762 g/mol. The van der Waals surface area contributed by atoms with Crippen molar-refractivity contribution in [2.45, 2.75) is 58.3 Å². The number of aromatic nitrogens is 1. The van der Waals surface area contributed by atoms with Gasteiger partial charge in [0.05, 0.1) is 51.6 Å². The van der Waals surface area contributed by atoms with Gasteiger partial charge in [0.15, 0.2) is 0 Å². The van der Waals surface area contributed by atoms with Gasteiger partial charge < -0.3 is 50.0 Å². The highest BCUT2D eigenvalue weighted by Crippen LogP contribution is 2.30. The van der Waals surface area contributed by atoms with Gasteiger partial charge in [-0.05, 0) is 69.7 Å². The number of benzene rings is 3. The molecule has 0 saturated carbocycles. The van der Waals surface area contributed by atoms with Gasteiger partial charge in [-0.1, -0.05) is 12.8 Å². The summed E-state index contributed by atoms with van der Waals surface area (Å²) in [5.41, 5.74) is 0.0235. The molecule has 0 bridgehead atoms. The molecule has 13 heteroatoms. The topological polar surface area (TPSA) is 90.3 Å². The van der Waals surface area contributed by atoms with Gasteiger partial charge in [-0.2, -0.15) is 0 Å². The molecule has 0 aliphatic carbocycles. The van der Waals surface area contributed by atoms with Crippen molar-refractivity contribution in [3.05, 3.63) is 88.2 Å². The van der Waals surface area contributed by atoms with Crippen LogP contribution in [0.15, 0.2) is 65.6 Å². The van der Waals surface area contributed by atoms with Crippen molar-refractivity contribution >= 4 is 28.6 Å². The van der Waals surface area contributed by atoms with Gasteiger partial charge in [-0.15, -0.1) is 0 Å². The Balaban J connectivity index is 0.00000650. The predicted molar refractivity (Wildman–Crippen MR) is 203 cm³/mol. The van der Waals surface area contributed by atoms with Crippen molar-refractivity contribution in [2.75, 3.05) is 65.9 Å². The smallest absolute Gasteiger partial charge is 0.414 e. The zero-order chi connectivity index (χ0) is 38.1. The quantitative estimate of drug-likeness (QED) is 0.125. The highest BCUT2D eigenvalue weighted by atomic mass is 79.9. The van der Waals surface area contributed by atoms with E-state index in [1.54, 1.807) is 62.0 Å². The molecule has 0 spiro atoms. The number of unbranched alkanes of at least 4 members (excludes halogenated alkanes) is 4. The monoisotopic (exact) mass is 812 g/mol. The van der Waals surface area contributed by atoms with Crippen LogP contribution >= 0.6 is 0 Å². The summed E-state index contributed by atoms with van der Waals surface area (Å²) in [6, 6.07) is 12.6. The maximum atomic E-state index is 14.2. The number of carbonyl (C=O) groups is 2. The molecule has 0 unspecified atom stereocenters. The largest absolute Gasteiger partial charge is 1.00 e. The Morgan fingerprint density at radius 1 is 0.852 bits per heavy atom. The van der Waals surface area contributed by atoms with Gasteiger partial charge in [0, 0.05) is 68.2 Å². The number of quaternary nitrogens is 1. The molecule has 1 saturated heterocycles. The number of piperidine rings is 1. The first-order chi connectivity index (χ1) is 25.4. The van der Waals surface area contributed by atoms with Crippen LogP contribution in [0.1, 0.15) is 68.6 Å². The number of likely N-dealkylation sites (tertiary alicyclic amines) is 1. The number of hydrogen-bond donors (Lipinski definition) is 0. The minimum absolute atomic E-state index is 0. The molecule has 4 aromatic rings. The van der Waals surface area contributed by atoms with Crippen LogP contribution in [0.25, 0.3) is 16.6 Å². The highest BCUT2D eigenvalue weighted by Gasteiger charge is 2.25. The minimum atomic E-state index is -0.853. The lowest BCUT2D eigenvalue weighted by Crippen LogP contribution is -3.00. The van der Waals surface area contributed by atoms with E-state index < -0.39 is 29.1 Å². The highest BCUT2D eigenvalue weighted by molar-refractivity contribution is 6.07. The van der Waals surface area contributed by atoms with Gasteiger partial charge >= 0.3 is 6.09 Å².